The quantitative estimate of drug-likeness (QED) is 0.805. The van der Waals surface area contributed by atoms with E-state index >= 15 is 0 Å². The normalized spacial score (nSPS) is 22.7. The van der Waals surface area contributed by atoms with Gasteiger partial charge in [-0.3, -0.25) is 4.79 Å². The van der Waals surface area contributed by atoms with Crippen LogP contribution in [0.3, 0.4) is 0 Å². The summed E-state index contributed by atoms with van der Waals surface area (Å²) in [6.45, 7) is 4.23. The minimum absolute atomic E-state index is 0.0312. The van der Waals surface area contributed by atoms with E-state index in [2.05, 4.69) is 29.8 Å². The molecule has 1 fully saturated rings. The van der Waals surface area contributed by atoms with E-state index in [9.17, 15) is 4.79 Å². The number of halogens is 2. The van der Waals surface area contributed by atoms with Gasteiger partial charge in [0.1, 0.15) is 5.75 Å². The Labute approximate surface area is 133 Å². The number of ether oxygens (including phenoxy) is 1. The van der Waals surface area contributed by atoms with Gasteiger partial charge in [-0.1, -0.05) is 27.5 Å². The molecule has 0 N–H and O–H groups in total. The summed E-state index contributed by atoms with van der Waals surface area (Å²) in [5, 5.41) is 0.506. The molecular formula is C15H19BrClNO2. The van der Waals surface area contributed by atoms with Gasteiger partial charge in [-0.2, -0.15) is 0 Å². The van der Waals surface area contributed by atoms with Gasteiger partial charge in [0.15, 0.2) is 6.61 Å². The Balaban J connectivity index is 1.97. The van der Waals surface area contributed by atoms with E-state index in [4.69, 9.17) is 16.3 Å². The first kappa shape index (κ1) is 15.6. The van der Waals surface area contributed by atoms with Gasteiger partial charge in [-0.15, -0.1) is 0 Å². The van der Waals surface area contributed by atoms with Crippen molar-refractivity contribution in [2.45, 2.75) is 45.2 Å². The highest BCUT2D eigenvalue weighted by molar-refractivity contribution is 9.10. The van der Waals surface area contributed by atoms with Crippen LogP contribution >= 0.6 is 27.5 Å². The number of nitrogens with zero attached hydrogens (tertiary/aromatic N) is 1. The summed E-state index contributed by atoms with van der Waals surface area (Å²) in [6, 6.07) is 5.94. The lowest BCUT2D eigenvalue weighted by Crippen LogP contribution is -2.49. The zero-order chi connectivity index (χ0) is 14.7. The van der Waals surface area contributed by atoms with E-state index in [1.165, 1.54) is 6.42 Å². The summed E-state index contributed by atoms with van der Waals surface area (Å²) in [7, 11) is 0. The van der Waals surface area contributed by atoms with Crippen LogP contribution in [0.4, 0.5) is 0 Å². The Morgan fingerprint density at radius 3 is 2.65 bits per heavy atom. The van der Waals surface area contributed by atoms with Crippen molar-refractivity contribution in [3.63, 3.8) is 0 Å². The fourth-order valence-corrected chi connectivity index (χ4v) is 3.45. The number of amides is 1. The molecule has 1 aliphatic heterocycles. The van der Waals surface area contributed by atoms with Crippen molar-refractivity contribution in [3.8, 4) is 5.75 Å². The van der Waals surface area contributed by atoms with Crippen molar-refractivity contribution in [1.29, 1.82) is 0 Å². The van der Waals surface area contributed by atoms with E-state index in [0.717, 1.165) is 17.3 Å². The molecule has 0 aliphatic carbocycles. The number of hydrogen-bond donors (Lipinski definition) is 0. The molecule has 0 aromatic heterocycles. The molecular weight excluding hydrogens is 342 g/mol. The lowest BCUT2D eigenvalue weighted by molar-refractivity contribution is -0.139. The van der Waals surface area contributed by atoms with Gasteiger partial charge in [-0.05, 0) is 51.3 Å². The molecule has 1 aromatic rings. The molecule has 2 rings (SSSR count). The van der Waals surface area contributed by atoms with Crippen molar-refractivity contribution in [1.82, 2.24) is 4.90 Å². The van der Waals surface area contributed by atoms with Crippen LogP contribution in [-0.4, -0.2) is 29.5 Å². The van der Waals surface area contributed by atoms with Crippen LogP contribution in [0.1, 0.15) is 33.1 Å². The Morgan fingerprint density at radius 1 is 1.40 bits per heavy atom. The molecule has 3 nitrogen and oxygen atoms in total. The van der Waals surface area contributed by atoms with Crippen LogP contribution < -0.4 is 4.74 Å². The Hall–Kier alpha value is -0.740. The molecule has 110 valence electrons. The Kier molecular flexibility index (Phi) is 5.33. The van der Waals surface area contributed by atoms with Crippen molar-refractivity contribution >= 4 is 33.4 Å². The lowest BCUT2D eigenvalue weighted by Gasteiger charge is -2.39. The molecule has 2 atom stereocenters. The molecule has 5 heteroatoms. The SMILES string of the molecule is CC1CCCC(C)N1C(=O)COc1ccc(Br)cc1Cl. The predicted octanol–water partition coefficient (Wildman–Crippen LogP) is 4.27. The molecule has 1 amide bonds. The second-order valence-corrected chi connectivity index (χ2v) is 6.62. The minimum atomic E-state index is 0.0312. The van der Waals surface area contributed by atoms with Gasteiger partial charge in [-0.25, -0.2) is 0 Å². The second kappa shape index (κ2) is 6.81. The first-order valence-corrected chi connectivity index (χ1v) is 8.05. The maximum Gasteiger partial charge on any atom is 0.260 e. The Morgan fingerprint density at radius 2 is 2.05 bits per heavy atom. The molecule has 1 heterocycles. The maximum absolute atomic E-state index is 12.3. The number of carbonyl (C=O) groups is 1. The van der Waals surface area contributed by atoms with Crippen LogP contribution in [0, 0.1) is 0 Å². The number of piperidine rings is 1. The van der Waals surface area contributed by atoms with Crippen molar-refractivity contribution in [2.24, 2.45) is 0 Å². The van der Waals surface area contributed by atoms with Crippen LogP contribution in [-0.2, 0) is 4.79 Å². The molecule has 1 aliphatic rings. The van der Waals surface area contributed by atoms with E-state index in [1.807, 2.05) is 11.0 Å². The number of likely N-dealkylation sites (tertiary alicyclic amines) is 1. The van der Waals surface area contributed by atoms with E-state index in [0.29, 0.717) is 10.8 Å². The van der Waals surface area contributed by atoms with Crippen molar-refractivity contribution in [2.75, 3.05) is 6.61 Å². The standard InChI is InChI=1S/C15H19BrClNO2/c1-10-4-3-5-11(2)18(10)15(19)9-20-14-7-6-12(16)8-13(14)17/h6-8,10-11H,3-5,9H2,1-2H3. The molecule has 1 saturated heterocycles. The zero-order valence-corrected chi connectivity index (χ0v) is 14.1. The van der Waals surface area contributed by atoms with Crippen LogP contribution in [0.15, 0.2) is 22.7 Å². The Bertz CT molecular complexity index is 485. The lowest BCUT2D eigenvalue weighted by atomic mass is 9.97. The van der Waals surface area contributed by atoms with Crippen LogP contribution in [0.25, 0.3) is 0 Å². The molecule has 0 radical (unpaired) electrons. The number of rotatable bonds is 3. The van der Waals surface area contributed by atoms with Gasteiger partial charge in [0.2, 0.25) is 0 Å². The zero-order valence-electron chi connectivity index (χ0n) is 11.7. The summed E-state index contributed by atoms with van der Waals surface area (Å²) < 4.78 is 6.45. The first-order chi connectivity index (χ1) is 9.49. The van der Waals surface area contributed by atoms with Crippen LogP contribution in [0.2, 0.25) is 5.02 Å². The first-order valence-electron chi connectivity index (χ1n) is 6.88. The highest BCUT2D eigenvalue weighted by Gasteiger charge is 2.29. The highest BCUT2D eigenvalue weighted by atomic mass is 79.9. The molecule has 0 spiro atoms. The minimum Gasteiger partial charge on any atom is -0.482 e. The number of benzene rings is 1. The molecule has 0 saturated carbocycles. The molecule has 20 heavy (non-hydrogen) atoms. The average molecular weight is 361 g/mol. The van der Waals surface area contributed by atoms with E-state index in [-0.39, 0.29) is 24.6 Å². The fraction of sp³-hybridized carbons (Fsp3) is 0.533. The third-order valence-corrected chi connectivity index (χ3v) is 4.52. The van der Waals surface area contributed by atoms with E-state index in [1.54, 1.807) is 12.1 Å². The number of carbonyl (C=O) groups excluding carboxylic acids is 1. The van der Waals surface area contributed by atoms with Gasteiger partial charge in [0, 0.05) is 16.6 Å². The topological polar surface area (TPSA) is 29.5 Å². The summed E-state index contributed by atoms with van der Waals surface area (Å²) in [4.78, 5) is 14.3. The summed E-state index contributed by atoms with van der Waals surface area (Å²) in [5.74, 6) is 0.573. The maximum atomic E-state index is 12.3. The largest absolute Gasteiger partial charge is 0.482 e. The second-order valence-electron chi connectivity index (χ2n) is 5.29. The average Bonchev–Trinajstić information content (AvgIpc) is 2.37. The molecule has 2 unspecified atom stereocenters. The predicted molar refractivity (Wildman–Crippen MR) is 84.3 cm³/mol. The molecule has 1 aromatic carbocycles. The van der Waals surface area contributed by atoms with Gasteiger partial charge >= 0.3 is 0 Å². The third-order valence-electron chi connectivity index (χ3n) is 3.73. The number of hydrogen-bond acceptors (Lipinski definition) is 2. The summed E-state index contributed by atoms with van der Waals surface area (Å²) >= 11 is 9.42. The van der Waals surface area contributed by atoms with Gasteiger partial charge < -0.3 is 9.64 Å². The molecule has 0 bridgehead atoms. The summed E-state index contributed by atoms with van der Waals surface area (Å²) in [6.07, 6.45) is 3.32. The summed E-state index contributed by atoms with van der Waals surface area (Å²) in [5.41, 5.74) is 0. The van der Waals surface area contributed by atoms with E-state index < -0.39 is 0 Å². The smallest absolute Gasteiger partial charge is 0.260 e. The van der Waals surface area contributed by atoms with Crippen LogP contribution in [0.5, 0.6) is 5.75 Å². The van der Waals surface area contributed by atoms with Gasteiger partial charge in [0.05, 0.1) is 5.02 Å². The third kappa shape index (κ3) is 3.67. The fourth-order valence-electron chi connectivity index (χ4n) is 2.72. The van der Waals surface area contributed by atoms with Crippen molar-refractivity contribution in [3.05, 3.63) is 27.7 Å². The monoisotopic (exact) mass is 359 g/mol. The van der Waals surface area contributed by atoms with Crippen molar-refractivity contribution < 1.29 is 9.53 Å². The van der Waals surface area contributed by atoms with Gasteiger partial charge in [0.25, 0.3) is 5.91 Å². The highest BCUT2D eigenvalue weighted by Crippen LogP contribution is 2.28.